The summed E-state index contributed by atoms with van der Waals surface area (Å²) in [6.07, 6.45) is -2.60. The average Bonchev–Trinajstić information content (AvgIpc) is 3.65. The molecule has 1 amide bonds. The van der Waals surface area contributed by atoms with Crippen molar-refractivity contribution in [2.45, 2.75) is 50.2 Å². The minimum Gasteiger partial charge on any atom is -0.495 e. The molecule has 2 N–H and O–H groups in total. The van der Waals surface area contributed by atoms with E-state index in [2.05, 4.69) is 15.6 Å². The summed E-state index contributed by atoms with van der Waals surface area (Å²) in [5.41, 5.74) is 1.31. The van der Waals surface area contributed by atoms with Crippen molar-refractivity contribution in [3.63, 3.8) is 0 Å². The van der Waals surface area contributed by atoms with Gasteiger partial charge in [-0.25, -0.2) is 9.37 Å². The highest BCUT2D eigenvalue weighted by molar-refractivity contribution is 5.95. The van der Waals surface area contributed by atoms with Gasteiger partial charge in [0.05, 0.1) is 25.1 Å². The number of anilines is 1. The van der Waals surface area contributed by atoms with Crippen LogP contribution < -0.4 is 20.1 Å². The second-order valence-electron chi connectivity index (χ2n) is 10.6. The summed E-state index contributed by atoms with van der Waals surface area (Å²) in [6, 6.07) is 11.9. The van der Waals surface area contributed by atoms with E-state index in [-0.39, 0.29) is 23.6 Å². The minimum absolute atomic E-state index is 0.178. The predicted molar refractivity (Wildman–Crippen MR) is 139 cm³/mol. The van der Waals surface area contributed by atoms with Crippen LogP contribution in [0.3, 0.4) is 0 Å². The first-order valence-electron chi connectivity index (χ1n) is 12.7. The molecule has 0 saturated heterocycles. The zero-order valence-electron chi connectivity index (χ0n) is 21.8. The van der Waals surface area contributed by atoms with E-state index >= 15 is 0 Å². The number of pyridine rings is 1. The van der Waals surface area contributed by atoms with Gasteiger partial charge in [-0.2, -0.15) is 13.2 Å². The number of carbonyl (C=O) groups is 1. The SMILES string of the molecule is COc1cc(C(=O)NCC(c2cc3c(c(-c4ccc(F)cc4)n2)OCC3(C)C)C(F)(F)F)ccc1NC1CC1. The van der Waals surface area contributed by atoms with E-state index < -0.39 is 35.8 Å². The van der Waals surface area contributed by atoms with Gasteiger partial charge in [-0.05, 0) is 61.4 Å². The van der Waals surface area contributed by atoms with Crippen LogP contribution in [0.5, 0.6) is 11.5 Å². The third kappa shape index (κ3) is 5.65. The molecule has 10 heteroatoms. The summed E-state index contributed by atoms with van der Waals surface area (Å²) in [6.45, 7) is 3.29. The van der Waals surface area contributed by atoms with Gasteiger partial charge in [-0.1, -0.05) is 13.8 Å². The Morgan fingerprint density at radius 3 is 2.51 bits per heavy atom. The van der Waals surface area contributed by atoms with Crippen LogP contribution in [0.25, 0.3) is 11.3 Å². The van der Waals surface area contributed by atoms with Crippen molar-refractivity contribution in [1.82, 2.24) is 10.3 Å². The Morgan fingerprint density at radius 2 is 1.87 bits per heavy atom. The number of benzene rings is 2. The molecule has 1 saturated carbocycles. The van der Waals surface area contributed by atoms with Crippen LogP contribution in [0.4, 0.5) is 23.2 Å². The molecule has 6 nitrogen and oxygen atoms in total. The van der Waals surface area contributed by atoms with E-state index in [0.29, 0.717) is 28.7 Å². The molecule has 1 unspecified atom stereocenters. The maximum atomic E-state index is 14.4. The van der Waals surface area contributed by atoms with E-state index in [4.69, 9.17) is 9.47 Å². The molecule has 2 heterocycles. The average molecular weight is 544 g/mol. The van der Waals surface area contributed by atoms with Crippen molar-refractivity contribution < 1.29 is 31.8 Å². The van der Waals surface area contributed by atoms with Crippen molar-refractivity contribution in [3.05, 3.63) is 71.2 Å². The monoisotopic (exact) mass is 543 g/mol. The van der Waals surface area contributed by atoms with Crippen LogP contribution in [0.2, 0.25) is 0 Å². The van der Waals surface area contributed by atoms with Crippen LogP contribution in [0, 0.1) is 5.82 Å². The largest absolute Gasteiger partial charge is 0.495 e. The molecule has 1 aromatic heterocycles. The van der Waals surface area contributed by atoms with Gasteiger partial charge in [0.1, 0.15) is 28.9 Å². The normalized spacial score (nSPS) is 16.7. The highest BCUT2D eigenvalue weighted by atomic mass is 19.4. The van der Waals surface area contributed by atoms with E-state index in [1.807, 2.05) is 13.8 Å². The topological polar surface area (TPSA) is 72.5 Å². The lowest BCUT2D eigenvalue weighted by Gasteiger charge is -2.23. The van der Waals surface area contributed by atoms with Gasteiger partial charge < -0.3 is 20.1 Å². The molecule has 1 fully saturated rings. The van der Waals surface area contributed by atoms with E-state index in [1.165, 1.54) is 43.5 Å². The number of fused-ring (bicyclic) bond motifs is 1. The number of ether oxygens (including phenoxy) is 2. The number of aromatic nitrogens is 1. The smallest absolute Gasteiger partial charge is 0.398 e. The molecule has 0 radical (unpaired) electrons. The first kappa shape index (κ1) is 26.8. The van der Waals surface area contributed by atoms with Crippen LogP contribution in [0.15, 0.2) is 48.5 Å². The fraction of sp³-hybridized carbons (Fsp3) is 0.379. The lowest BCUT2D eigenvalue weighted by molar-refractivity contribution is -0.149. The van der Waals surface area contributed by atoms with Crippen LogP contribution in [-0.2, 0) is 5.41 Å². The van der Waals surface area contributed by atoms with Gasteiger partial charge in [-0.3, -0.25) is 4.79 Å². The summed E-state index contributed by atoms with van der Waals surface area (Å²) in [4.78, 5) is 17.3. The van der Waals surface area contributed by atoms with Gasteiger partial charge in [0.25, 0.3) is 5.91 Å². The van der Waals surface area contributed by atoms with Gasteiger partial charge in [0.15, 0.2) is 0 Å². The molecule has 5 rings (SSSR count). The Balaban J connectivity index is 1.45. The number of methoxy groups -OCH3 is 1. The molecular weight excluding hydrogens is 514 g/mol. The molecule has 1 atom stereocenters. The zero-order valence-corrected chi connectivity index (χ0v) is 21.8. The van der Waals surface area contributed by atoms with Crippen molar-refractivity contribution in [1.29, 1.82) is 0 Å². The summed E-state index contributed by atoms with van der Waals surface area (Å²) in [7, 11) is 1.47. The van der Waals surface area contributed by atoms with Crippen LogP contribution >= 0.6 is 0 Å². The van der Waals surface area contributed by atoms with E-state index in [9.17, 15) is 22.4 Å². The van der Waals surface area contributed by atoms with Gasteiger partial charge in [-0.15, -0.1) is 0 Å². The Morgan fingerprint density at radius 1 is 1.15 bits per heavy atom. The second kappa shape index (κ2) is 10.1. The lowest BCUT2D eigenvalue weighted by Crippen LogP contribution is -2.35. The number of rotatable bonds is 8. The first-order valence-corrected chi connectivity index (χ1v) is 12.7. The van der Waals surface area contributed by atoms with Crippen molar-refractivity contribution in [3.8, 4) is 22.8 Å². The molecule has 206 valence electrons. The predicted octanol–water partition coefficient (Wildman–Crippen LogP) is 6.22. The number of halogens is 4. The summed E-state index contributed by atoms with van der Waals surface area (Å²) in [5.74, 6) is -2.40. The van der Waals surface area contributed by atoms with E-state index in [0.717, 1.165) is 18.5 Å². The third-order valence-corrected chi connectivity index (χ3v) is 7.04. The third-order valence-electron chi connectivity index (χ3n) is 7.04. The molecule has 39 heavy (non-hydrogen) atoms. The number of amides is 1. The molecular formula is C29H29F4N3O3. The Hall–Kier alpha value is -3.82. The fourth-order valence-electron chi connectivity index (χ4n) is 4.60. The Bertz CT molecular complexity index is 1390. The van der Waals surface area contributed by atoms with E-state index in [1.54, 1.807) is 12.1 Å². The maximum Gasteiger partial charge on any atom is 0.398 e. The molecule has 0 spiro atoms. The molecule has 2 aromatic carbocycles. The first-order chi connectivity index (χ1) is 18.5. The number of alkyl halides is 3. The summed E-state index contributed by atoms with van der Waals surface area (Å²) in [5, 5.41) is 5.72. The van der Waals surface area contributed by atoms with Crippen molar-refractivity contribution >= 4 is 11.6 Å². The zero-order chi connectivity index (χ0) is 27.9. The lowest BCUT2D eigenvalue weighted by atomic mass is 9.85. The second-order valence-corrected chi connectivity index (χ2v) is 10.6. The maximum absolute atomic E-state index is 14.4. The van der Waals surface area contributed by atoms with Crippen molar-refractivity contribution in [2.75, 3.05) is 25.6 Å². The van der Waals surface area contributed by atoms with Crippen molar-refractivity contribution in [2.24, 2.45) is 0 Å². The fourth-order valence-corrected chi connectivity index (χ4v) is 4.60. The summed E-state index contributed by atoms with van der Waals surface area (Å²) >= 11 is 0. The number of nitrogens with one attached hydrogen (secondary N) is 2. The quantitative estimate of drug-likeness (QED) is 0.330. The highest BCUT2D eigenvalue weighted by Gasteiger charge is 2.44. The standard InChI is InChI=1S/C29H29F4N3O3/c1-28(2)15-39-26-20(28)13-23(36-25(26)16-4-7-18(30)8-5-16)21(29(31,32)33)14-34-27(37)17-6-11-22(24(12-17)38-3)35-19-9-10-19/h4-8,11-13,19,21,35H,9-10,14-15H2,1-3H3,(H,34,37). The number of hydrogen-bond acceptors (Lipinski definition) is 5. The van der Waals surface area contributed by atoms with Gasteiger partial charge in [0, 0.05) is 34.7 Å². The van der Waals surface area contributed by atoms with Crippen LogP contribution in [0.1, 0.15) is 54.2 Å². The number of carbonyl (C=O) groups excluding carboxylic acids is 1. The molecule has 2 aliphatic rings. The molecule has 1 aliphatic carbocycles. The number of nitrogens with zero attached hydrogens (tertiary/aromatic N) is 1. The molecule has 0 bridgehead atoms. The van der Waals surface area contributed by atoms with Gasteiger partial charge >= 0.3 is 6.18 Å². The Kier molecular flexibility index (Phi) is 6.90. The molecule has 1 aliphatic heterocycles. The minimum atomic E-state index is -4.70. The molecule has 3 aromatic rings. The number of hydrogen-bond donors (Lipinski definition) is 2. The highest BCUT2D eigenvalue weighted by Crippen LogP contribution is 2.46. The van der Waals surface area contributed by atoms with Gasteiger partial charge in [0.2, 0.25) is 0 Å². The Labute approximate surface area is 223 Å². The van der Waals surface area contributed by atoms with Crippen LogP contribution in [-0.4, -0.2) is 43.4 Å². The summed E-state index contributed by atoms with van der Waals surface area (Å²) < 4.78 is 67.9.